The molecule has 1 aliphatic heterocycles. The minimum absolute atomic E-state index is 0.0423. The van der Waals surface area contributed by atoms with Crippen molar-refractivity contribution in [3.63, 3.8) is 0 Å². The van der Waals surface area contributed by atoms with Crippen LogP contribution in [0.1, 0.15) is 12.5 Å². The van der Waals surface area contributed by atoms with Gasteiger partial charge in [-0.05, 0) is 12.0 Å². The highest BCUT2D eigenvalue weighted by atomic mass is 35.5. The summed E-state index contributed by atoms with van der Waals surface area (Å²) in [6.07, 6.45) is 4.56. The molecule has 4 heterocycles. The Balaban J connectivity index is 1.75. The Labute approximate surface area is 147 Å². The molecule has 3 aromatic heterocycles. The molecule has 1 fully saturated rings. The molecule has 124 valence electrons. The van der Waals surface area contributed by atoms with Crippen LogP contribution in [0.5, 0.6) is 0 Å². The predicted molar refractivity (Wildman–Crippen MR) is 96.8 cm³/mol. The summed E-state index contributed by atoms with van der Waals surface area (Å²) in [5.74, 6) is 0.0423. The quantitative estimate of drug-likeness (QED) is 0.752. The average Bonchev–Trinajstić information content (AvgIpc) is 3.22. The zero-order chi connectivity index (χ0) is 16.7. The van der Waals surface area contributed by atoms with Gasteiger partial charge in [0.25, 0.3) is 0 Å². The van der Waals surface area contributed by atoms with Crippen molar-refractivity contribution in [3.8, 4) is 11.3 Å². The van der Waals surface area contributed by atoms with Crippen molar-refractivity contribution in [2.45, 2.75) is 13.3 Å². The third-order valence-corrected chi connectivity index (χ3v) is 5.45. The van der Waals surface area contributed by atoms with Gasteiger partial charge in [0.2, 0.25) is 5.91 Å². The average molecular weight is 362 g/mol. The Morgan fingerprint density at radius 2 is 2.33 bits per heavy atom. The van der Waals surface area contributed by atoms with E-state index in [2.05, 4.69) is 27.2 Å². The summed E-state index contributed by atoms with van der Waals surface area (Å²) in [6, 6.07) is 0. The number of piperazine rings is 1. The van der Waals surface area contributed by atoms with E-state index in [1.807, 2.05) is 11.6 Å². The van der Waals surface area contributed by atoms with E-state index in [0.29, 0.717) is 23.2 Å². The lowest BCUT2D eigenvalue weighted by Gasteiger charge is -2.24. The van der Waals surface area contributed by atoms with Gasteiger partial charge in [0.1, 0.15) is 5.65 Å². The minimum Gasteiger partial charge on any atom is -0.346 e. The van der Waals surface area contributed by atoms with E-state index in [9.17, 15) is 4.79 Å². The molecule has 4 rings (SSSR count). The van der Waals surface area contributed by atoms with Crippen LogP contribution in [0.3, 0.4) is 0 Å². The third-order valence-electron chi connectivity index (χ3n) is 4.19. The van der Waals surface area contributed by atoms with Gasteiger partial charge < -0.3 is 10.3 Å². The number of nitrogens with one attached hydrogen (secondary N) is 2. The smallest absolute Gasteiger partial charge is 0.242 e. The van der Waals surface area contributed by atoms with Crippen molar-refractivity contribution in [1.82, 2.24) is 20.3 Å². The van der Waals surface area contributed by atoms with Crippen LogP contribution >= 0.6 is 22.9 Å². The zero-order valence-electron chi connectivity index (χ0n) is 13.1. The van der Waals surface area contributed by atoms with Gasteiger partial charge in [-0.15, -0.1) is 11.3 Å². The summed E-state index contributed by atoms with van der Waals surface area (Å²) < 4.78 is 0. The van der Waals surface area contributed by atoms with Crippen molar-refractivity contribution < 1.29 is 4.79 Å². The second kappa shape index (κ2) is 6.16. The third kappa shape index (κ3) is 2.49. The molecule has 0 spiro atoms. The highest BCUT2D eigenvalue weighted by molar-refractivity contribution is 7.14. The number of H-pyrrole nitrogens is 1. The molecule has 1 aliphatic rings. The van der Waals surface area contributed by atoms with Gasteiger partial charge in [0, 0.05) is 41.8 Å². The van der Waals surface area contributed by atoms with Gasteiger partial charge in [-0.25, -0.2) is 9.97 Å². The summed E-state index contributed by atoms with van der Waals surface area (Å²) in [5.41, 5.74) is 3.47. The molecule has 3 aromatic rings. The summed E-state index contributed by atoms with van der Waals surface area (Å²) in [5, 5.41) is 7.30. The number of carbonyl (C=O) groups excluding carboxylic acids is 1. The van der Waals surface area contributed by atoms with Crippen LogP contribution in [0.2, 0.25) is 5.02 Å². The molecule has 24 heavy (non-hydrogen) atoms. The maximum atomic E-state index is 12.0. The van der Waals surface area contributed by atoms with E-state index in [1.54, 1.807) is 11.1 Å². The van der Waals surface area contributed by atoms with E-state index in [-0.39, 0.29) is 5.91 Å². The minimum atomic E-state index is 0.0423. The van der Waals surface area contributed by atoms with E-state index in [4.69, 9.17) is 11.6 Å². The lowest BCUT2D eigenvalue weighted by atomic mass is 10.1. The van der Waals surface area contributed by atoms with Gasteiger partial charge in [-0.3, -0.25) is 9.69 Å². The number of aromatic nitrogens is 3. The Kier molecular flexibility index (Phi) is 3.99. The molecule has 0 radical (unpaired) electrons. The Bertz CT molecular complexity index is 918. The van der Waals surface area contributed by atoms with Crippen LogP contribution in [0.15, 0.2) is 17.8 Å². The van der Waals surface area contributed by atoms with Crippen molar-refractivity contribution in [3.05, 3.63) is 28.4 Å². The number of pyridine rings is 1. The molecule has 0 bridgehead atoms. The summed E-state index contributed by atoms with van der Waals surface area (Å²) in [6.45, 7) is 3.85. The van der Waals surface area contributed by atoms with Crippen molar-refractivity contribution in [2.75, 3.05) is 24.5 Å². The van der Waals surface area contributed by atoms with Crippen LogP contribution in [0.4, 0.5) is 5.13 Å². The maximum absolute atomic E-state index is 12.0. The highest BCUT2D eigenvalue weighted by Gasteiger charge is 2.23. The van der Waals surface area contributed by atoms with E-state index < -0.39 is 0 Å². The number of thiazole rings is 1. The number of aromatic amines is 1. The Morgan fingerprint density at radius 1 is 1.46 bits per heavy atom. The first-order valence-electron chi connectivity index (χ1n) is 7.80. The molecule has 0 aliphatic carbocycles. The van der Waals surface area contributed by atoms with Crippen LogP contribution in [-0.4, -0.2) is 40.5 Å². The van der Waals surface area contributed by atoms with E-state index in [0.717, 1.165) is 40.8 Å². The second-order valence-electron chi connectivity index (χ2n) is 5.61. The largest absolute Gasteiger partial charge is 0.346 e. The first-order valence-corrected chi connectivity index (χ1v) is 9.06. The molecule has 0 aromatic carbocycles. The number of amides is 1. The van der Waals surface area contributed by atoms with Crippen LogP contribution in [-0.2, 0) is 11.2 Å². The molecule has 2 N–H and O–H groups in total. The highest BCUT2D eigenvalue weighted by Crippen LogP contribution is 2.36. The van der Waals surface area contributed by atoms with Crippen LogP contribution in [0.25, 0.3) is 22.3 Å². The molecule has 0 atom stereocenters. The van der Waals surface area contributed by atoms with Crippen molar-refractivity contribution in [1.29, 1.82) is 0 Å². The Hall–Kier alpha value is -1.96. The number of anilines is 1. The molecule has 0 unspecified atom stereocenters. The van der Waals surface area contributed by atoms with Gasteiger partial charge >= 0.3 is 0 Å². The number of halogens is 1. The maximum Gasteiger partial charge on any atom is 0.242 e. The number of carbonyl (C=O) groups is 1. The van der Waals surface area contributed by atoms with Crippen LogP contribution < -0.4 is 10.2 Å². The monoisotopic (exact) mass is 361 g/mol. The molecule has 8 heteroatoms. The first-order chi connectivity index (χ1) is 11.7. The standard InChI is InChI=1S/C16H16ClN5OS/c1-2-9-5-19-15-13(9)14(17)10(6-20-15)11-8-24-16(21-11)22-4-3-18-7-12(22)23/h5-6,8,18H,2-4,7H2,1H3,(H,19,20). The van der Waals surface area contributed by atoms with Crippen molar-refractivity contribution >= 4 is 45.0 Å². The SMILES string of the molecule is CCc1c[nH]c2ncc(-c3csc(N4CCNCC4=O)n3)c(Cl)c12. The Morgan fingerprint density at radius 3 is 3.12 bits per heavy atom. The number of fused-ring (bicyclic) bond motifs is 1. The second-order valence-corrected chi connectivity index (χ2v) is 6.83. The summed E-state index contributed by atoms with van der Waals surface area (Å²) in [7, 11) is 0. The normalized spacial score (nSPS) is 15.4. The number of aryl methyl sites for hydroxylation is 1. The van der Waals surface area contributed by atoms with Crippen molar-refractivity contribution in [2.24, 2.45) is 0 Å². The number of hydrogen-bond donors (Lipinski definition) is 2. The van der Waals surface area contributed by atoms with Gasteiger partial charge in [-0.1, -0.05) is 18.5 Å². The summed E-state index contributed by atoms with van der Waals surface area (Å²) >= 11 is 8.09. The van der Waals surface area contributed by atoms with Crippen LogP contribution in [0, 0.1) is 0 Å². The fraction of sp³-hybridized carbons (Fsp3) is 0.312. The first kappa shape index (κ1) is 15.6. The number of nitrogens with zero attached hydrogens (tertiary/aromatic N) is 3. The molecule has 0 saturated carbocycles. The fourth-order valence-corrected chi connectivity index (χ4v) is 4.12. The van der Waals surface area contributed by atoms with Gasteiger partial charge in [0.05, 0.1) is 17.3 Å². The lowest BCUT2D eigenvalue weighted by molar-refractivity contribution is -0.118. The summed E-state index contributed by atoms with van der Waals surface area (Å²) in [4.78, 5) is 26.0. The predicted octanol–water partition coefficient (Wildman–Crippen LogP) is 2.84. The zero-order valence-corrected chi connectivity index (χ0v) is 14.7. The fourth-order valence-electron chi connectivity index (χ4n) is 2.90. The topological polar surface area (TPSA) is 73.9 Å². The van der Waals surface area contributed by atoms with Gasteiger partial charge in [-0.2, -0.15) is 0 Å². The van der Waals surface area contributed by atoms with E-state index in [1.165, 1.54) is 11.3 Å². The molecule has 6 nitrogen and oxygen atoms in total. The molecule has 1 amide bonds. The lowest BCUT2D eigenvalue weighted by Crippen LogP contribution is -2.48. The molecular formula is C16H16ClN5OS. The number of rotatable bonds is 3. The molecule has 1 saturated heterocycles. The number of hydrogen-bond acceptors (Lipinski definition) is 5. The molecular weight excluding hydrogens is 346 g/mol. The van der Waals surface area contributed by atoms with E-state index >= 15 is 0 Å². The van der Waals surface area contributed by atoms with Gasteiger partial charge in [0.15, 0.2) is 5.13 Å².